The molecule has 3 aromatic rings. The molecular formula is C23H25FN4O3S. The molecule has 168 valence electrons. The molecule has 1 atom stereocenters. The van der Waals surface area contributed by atoms with Crippen molar-refractivity contribution in [2.24, 2.45) is 5.92 Å². The van der Waals surface area contributed by atoms with E-state index in [0.29, 0.717) is 40.5 Å². The zero-order valence-electron chi connectivity index (χ0n) is 18.2. The summed E-state index contributed by atoms with van der Waals surface area (Å²) in [5.41, 5.74) is 1.32. The summed E-state index contributed by atoms with van der Waals surface area (Å²) in [6.07, 6.45) is 0. The summed E-state index contributed by atoms with van der Waals surface area (Å²) >= 11 is 1.29. The van der Waals surface area contributed by atoms with Crippen molar-refractivity contribution in [3.63, 3.8) is 0 Å². The first-order chi connectivity index (χ1) is 15.4. The predicted molar refractivity (Wildman–Crippen MR) is 120 cm³/mol. The molecule has 0 aliphatic carbocycles. The highest BCUT2D eigenvalue weighted by Crippen LogP contribution is 2.34. The Labute approximate surface area is 190 Å². The number of nitrogens with one attached hydrogen (secondary N) is 1. The van der Waals surface area contributed by atoms with Gasteiger partial charge in [-0.3, -0.25) is 4.79 Å². The molecule has 2 heterocycles. The standard InChI is InChI=1S/C23H25FN4O3S/c1-14(2)11-28-22(17-6-4-5-7-18(17)24)26-27-23(28)32-12-21(29)25-15(3)16-8-9-19-20(10-16)31-13-30-19/h4-10,14-15H,11-13H2,1-3H3,(H,25,29). The number of thioether (sulfide) groups is 1. The monoisotopic (exact) mass is 456 g/mol. The van der Waals surface area contributed by atoms with Crippen LogP contribution in [0.3, 0.4) is 0 Å². The van der Waals surface area contributed by atoms with Crippen LogP contribution in [0.25, 0.3) is 11.4 Å². The van der Waals surface area contributed by atoms with E-state index in [9.17, 15) is 9.18 Å². The first kappa shape index (κ1) is 22.1. The lowest BCUT2D eigenvalue weighted by molar-refractivity contribution is -0.119. The smallest absolute Gasteiger partial charge is 0.231 e. The van der Waals surface area contributed by atoms with Gasteiger partial charge < -0.3 is 19.4 Å². The quantitative estimate of drug-likeness (QED) is 0.505. The number of halogens is 1. The molecule has 0 spiro atoms. The fourth-order valence-corrected chi connectivity index (χ4v) is 4.20. The van der Waals surface area contributed by atoms with Crippen LogP contribution in [0.1, 0.15) is 32.4 Å². The van der Waals surface area contributed by atoms with Crippen LogP contribution in [0.15, 0.2) is 47.6 Å². The summed E-state index contributed by atoms with van der Waals surface area (Å²) in [5.74, 6) is 1.84. The van der Waals surface area contributed by atoms with Crippen LogP contribution in [0, 0.1) is 11.7 Å². The lowest BCUT2D eigenvalue weighted by atomic mass is 10.1. The Bertz CT molecular complexity index is 1120. The number of hydrogen-bond acceptors (Lipinski definition) is 6. The number of carbonyl (C=O) groups excluding carboxylic acids is 1. The number of nitrogens with zero attached hydrogens (tertiary/aromatic N) is 3. The number of hydrogen-bond donors (Lipinski definition) is 1. The number of amides is 1. The highest BCUT2D eigenvalue weighted by atomic mass is 32.2. The highest BCUT2D eigenvalue weighted by Gasteiger charge is 2.20. The molecule has 0 radical (unpaired) electrons. The summed E-state index contributed by atoms with van der Waals surface area (Å²) in [4.78, 5) is 12.6. The normalized spacial score (nSPS) is 13.4. The van der Waals surface area contributed by atoms with Gasteiger partial charge in [0.15, 0.2) is 22.5 Å². The Morgan fingerprint density at radius 2 is 1.94 bits per heavy atom. The number of aromatic nitrogens is 3. The molecule has 32 heavy (non-hydrogen) atoms. The molecule has 1 unspecified atom stereocenters. The van der Waals surface area contributed by atoms with E-state index in [0.717, 1.165) is 5.56 Å². The molecule has 4 rings (SSSR count). The van der Waals surface area contributed by atoms with E-state index >= 15 is 0 Å². The van der Waals surface area contributed by atoms with Crippen LogP contribution >= 0.6 is 11.8 Å². The third kappa shape index (κ3) is 4.88. The van der Waals surface area contributed by atoms with Crippen molar-refractivity contribution < 1.29 is 18.7 Å². The molecule has 7 nitrogen and oxygen atoms in total. The number of rotatable bonds is 8. The van der Waals surface area contributed by atoms with Crippen LogP contribution in [-0.2, 0) is 11.3 Å². The SMILES string of the molecule is CC(C)Cn1c(SCC(=O)NC(C)c2ccc3c(c2)OCO3)nnc1-c1ccccc1F. The minimum Gasteiger partial charge on any atom is -0.454 e. The van der Waals surface area contributed by atoms with Gasteiger partial charge in [-0.1, -0.05) is 43.8 Å². The van der Waals surface area contributed by atoms with Crippen molar-refractivity contribution in [3.8, 4) is 22.9 Å². The summed E-state index contributed by atoms with van der Waals surface area (Å²) in [6, 6.07) is 11.9. The van der Waals surface area contributed by atoms with Gasteiger partial charge in [-0.05, 0) is 42.7 Å². The van der Waals surface area contributed by atoms with E-state index in [4.69, 9.17) is 9.47 Å². The average molecular weight is 457 g/mol. The number of ether oxygens (including phenoxy) is 2. The van der Waals surface area contributed by atoms with Gasteiger partial charge in [-0.2, -0.15) is 0 Å². The molecule has 1 aliphatic rings. The summed E-state index contributed by atoms with van der Waals surface area (Å²) in [7, 11) is 0. The zero-order chi connectivity index (χ0) is 22.7. The molecule has 1 amide bonds. The fourth-order valence-electron chi connectivity index (χ4n) is 3.45. The van der Waals surface area contributed by atoms with E-state index in [2.05, 4.69) is 29.4 Å². The van der Waals surface area contributed by atoms with E-state index in [-0.39, 0.29) is 30.3 Å². The van der Waals surface area contributed by atoms with Crippen LogP contribution in [0.4, 0.5) is 4.39 Å². The first-order valence-corrected chi connectivity index (χ1v) is 11.4. The summed E-state index contributed by atoms with van der Waals surface area (Å²) < 4.78 is 27.0. The number of carbonyl (C=O) groups is 1. The Morgan fingerprint density at radius 3 is 2.72 bits per heavy atom. The minimum atomic E-state index is -0.350. The summed E-state index contributed by atoms with van der Waals surface area (Å²) in [6.45, 7) is 6.88. The van der Waals surface area contributed by atoms with Crippen molar-refractivity contribution in [2.75, 3.05) is 12.5 Å². The Hall–Kier alpha value is -3.07. The third-order valence-electron chi connectivity index (χ3n) is 4.99. The molecule has 2 aromatic carbocycles. The van der Waals surface area contributed by atoms with Crippen molar-refractivity contribution in [1.82, 2.24) is 20.1 Å². The van der Waals surface area contributed by atoms with Crippen molar-refractivity contribution in [2.45, 2.75) is 38.5 Å². The topological polar surface area (TPSA) is 78.3 Å². The Balaban J connectivity index is 1.44. The fraction of sp³-hybridized carbons (Fsp3) is 0.348. The van der Waals surface area contributed by atoms with Gasteiger partial charge in [0.05, 0.1) is 17.4 Å². The van der Waals surface area contributed by atoms with Crippen LogP contribution in [0.5, 0.6) is 11.5 Å². The Morgan fingerprint density at radius 1 is 1.16 bits per heavy atom. The first-order valence-electron chi connectivity index (χ1n) is 10.4. The van der Waals surface area contributed by atoms with Crippen molar-refractivity contribution >= 4 is 17.7 Å². The van der Waals surface area contributed by atoms with Gasteiger partial charge in [0, 0.05) is 6.54 Å². The van der Waals surface area contributed by atoms with E-state index < -0.39 is 0 Å². The molecular weight excluding hydrogens is 431 g/mol. The van der Waals surface area contributed by atoms with Crippen molar-refractivity contribution in [3.05, 3.63) is 53.8 Å². The maximum absolute atomic E-state index is 14.3. The third-order valence-corrected chi connectivity index (χ3v) is 5.95. The number of benzene rings is 2. The Kier molecular flexibility index (Phi) is 6.64. The highest BCUT2D eigenvalue weighted by molar-refractivity contribution is 7.99. The van der Waals surface area contributed by atoms with Gasteiger partial charge in [0.1, 0.15) is 5.82 Å². The molecule has 1 N–H and O–H groups in total. The van der Waals surface area contributed by atoms with E-state index in [1.54, 1.807) is 18.2 Å². The minimum absolute atomic E-state index is 0.133. The summed E-state index contributed by atoms with van der Waals surface area (Å²) in [5, 5.41) is 12.0. The van der Waals surface area contributed by atoms with Gasteiger partial charge in [0.2, 0.25) is 12.7 Å². The van der Waals surface area contributed by atoms with Crippen LogP contribution < -0.4 is 14.8 Å². The van der Waals surface area contributed by atoms with Gasteiger partial charge in [-0.25, -0.2) is 4.39 Å². The molecule has 0 saturated heterocycles. The molecule has 1 aromatic heterocycles. The average Bonchev–Trinajstić information content (AvgIpc) is 3.38. The van der Waals surface area contributed by atoms with Gasteiger partial charge in [0.25, 0.3) is 0 Å². The second-order valence-electron chi connectivity index (χ2n) is 7.98. The lowest BCUT2D eigenvalue weighted by Crippen LogP contribution is -2.28. The van der Waals surface area contributed by atoms with Crippen LogP contribution in [-0.4, -0.2) is 33.2 Å². The molecule has 1 aliphatic heterocycles. The van der Waals surface area contributed by atoms with Gasteiger partial charge in [-0.15, -0.1) is 10.2 Å². The van der Waals surface area contributed by atoms with Gasteiger partial charge >= 0.3 is 0 Å². The second kappa shape index (κ2) is 9.60. The maximum atomic E-state index is 14.3. The second-order valence-corrected chi connectivity index (χ2v) is 8.92. The largest absolute Gasteiger partial charge is 0.454 e. The van der Waals surface area contributed by atoms with Crippen LogP contribution in [0.2, 0.25) is 0 Å². The number of fused-ring (bicyclic) bond motifs is 1. The zero-order valence-corrected chi connectivity index (χ0v) is 19.0. The molecule has 9 heteroatoms. The lowest BCUT2D eigenvalue weighted by Gasteiger charge is -2.15. The predicted octanol–water partition coefficient (Wildman–Crippen LogP) is 4.44. The molecule has 0 fully saturated rings. The van der Waals surface area contributed by atoms with E-state index in [1.807, 2.05) is 29.7 Å². The molecule has 0 bridgehead atoms. The van der Waals surface area contributed by atoms with E-state index in [1.165, 1.54) is 17.8 Å². The van der Waals surface area contributed by atoms with Crippen molar-refractivity contribution in [1.29, 1.82) is 0 Å². The maximum Gasteiger partial charge on any atom is 0.231 e. The molecule has 0 saturated carbocycles.